The number of ketones is 1. The van der Waals surface area contributed by atoms with Gasteiger partial charge in [0.25, 0.3) is 11.7 Å². The smallest absolute Gasteiger partial charge is 0.300 e. The first-order valence-corrected chi connectivity index (χ1v) is 12.0. The van der Waals surface area contributed by atoms with Gasteiger partial charge in [0.2, 0.25) is 0 Å². The van der Waals surface area contributed by atoms with Crippen LogP contribution in [0.15, 0.2) is 103 Å². The van der Waals surface area contributed by atoms with Crippen molar-refractivity contribution in [2.45, 2.75) is 6.04 Å². The summed E-state index contributed by atoms with van der Waals surface area (Å²) in [5.74, 6) is -0.948. The van der Waals surface area contributed by atoms with Crippen LogP contribution in [0, 0.1) is 5.82 Å². The highest BCUT2D eigenvalue weighted by Crippen LogP contribution is 2.44. The number of ether oxygens (including phenoxy) is 3. The summed E-state index contributed by atoms with van der Waals surface area (Å²) in [6, 6.07) is 24.9. The molecule has 1 N–H and O–H groups in total. The summed E-state index contributed by atoms with van der Waals surface area (Å²) in [5.41, 5.74) is 0.799. The molecule has 0 aliphatic carbocycles. The van der Waals surface area contributed by atoms with Crippen LogP contribution in [0.1, 0.15) is 17.2 Å². The predicted octanol–water partition coefficient (Wildman–Crippen LogP) is 6.26. The molecule has 5 rings (SSSR count). The Bertz CT molecular complexity index is 1570. The lowest BCUT2D eigenvalue weighted by molar-refractivity contribution is -0.132. The largest absolute Gasteiger partial charge is 0.507 e. The van der Waals surface area contributed by atoms with Crippen LogP contribution in [-0.4, -0.2) is 31.0 Å². The van der Waals surface area contributed by atoms with Crippen molar-refractivity contribution in [3.63, 3.8) is 0 Å². The minimum absolute atomic E-state index is 0.160. The molecule has 8 heteroatoms. The Hall–Kier alpha value is -5.11. The predicted molar refractivity (Wildman–Crippen MR) is 144 cm³/mol. The lowest BCUT2D eigenvalue weighted by Crippen LogP contribution is -2.29. The zero-order valence-electron chi connectivity index (χ0n) is 21.1. The van der Waals surface area contributed by atoms with E-state index in [1.54, 1.807) is 48.5 Å². The third-order valence-corrected chi connectivity index (χ3v) is 6.36. The molecule has 1 atom stereocenters. The quantitative estimate of drug-likeness (QED) is 0.174. The molecule has 4 aromatic rings. The molecule has 0 bridgehead atoms. The van der Waals surface area contributed by atoms with Crippen LogP contribution in [-0.2, 0) is 9.59 Å². The van der Waals surface area contributed by atoms with E-state index >= 15 is 0 Å². The van der Waals surface area contributed by atoms with E-state index < -0.39 is 29.3 Å². The minimum Gasteiger partial charge on any atom is -0.507 e. The fourth-order valence-corrected chi connectivity index (χ4v) is 4.53. The minimum atomic E-state index is -1.05. The van der Waals surface area contributed by atoms with Gasteiger partial charge in [-0.25, -0.2) is 4.39 Å². The summed E-state index contributed by atoms with van der Waals surface area (Å²) in [4.78, 5) is 28.2. The first-order valence-electron chi connectivity index (χ1n) is 12.0. The SMILES string of the molecule is COc1ccc(OC)c(/C(O)=C2\C(=O)C(=O)N(c3ccc(F)cc3)C2c2cccc(Oc3ccccc3)c2)c1. The Morgan fingerprint density at radius 3 is 2.21 bits per heavy atom. The standard InChI is InChI=1S/C31H24FNO6/c1-37-23-15-16-26(38-2)25(18-23)29(34)27-28(33(31(36)30(27)35)21-13-11-20(32)12-14-21)19-7-6-10-24(17-19)39-22-8-4-3-5-9-22/h3-18,28,34H,1-2H3/b29-27+. The molecule has 0 aromatic heterocycles. The summed E-state index contributed by atoms with van der Waals surface area (Å²) in [5, 5.41) is 11.5. The molecule has 1 unspecified atom stereocenters. The molecule has 1 amide bonds. The van der Waals surface area contributed by atoms with Crippen molar-refractivity contribution in [1.82, 2.24) is 0 Å². The molecular formula is C31H24FNO6. The number of methoxy groups -OCH3 is 2. The van der Waals surface area contributed by atoms with Crippen LogP contribution in [0.25, 0.3) is 5.76 Å². The second-order valence-corrected chi connectivity index (χ2v) is 8.70. The number of carbonyl (C=O) groups excluding carboxylic acids is 2. The molecule has 1 heterocycles. The van der Waals surface area contributed by atoms with Gasteiger partial charge >= 0.3 is 0 Å². The first kappa shape index (κ1) is 25.5. The van der Waals surface area contributed by atoms with Crippen molar-refractivity contribution in [2.24, 2.45) is 0 Å². The number of aliphatic hydroxyl groups excluding tert-OH is 1. The number of carbonyl (C=O) groups is 2. The fraction of sp³-hybridized carbons (Fsp3) is 0.0968. The summed E-state index contributed by atoms with van der Waals surface area (Å²) >= 11 is 0. The van der Waals surface area contributed by atoms with Gasteiger partial charge in [-0.1, -0.05) is 30.3 Å². The molecule has 7 nitrogen and oxygen atoms in total. The number of anilines is 1. The number of benzene rings is 4. The number of nitrogens with zero attached hydrogens (tertiary/aromatic N) is 1. The second kappa shape index (κ2) is 10.7. The molecule has 1 fully saturated rings. The average molecular weight is 526 g/mol. The first-order chi connectivity index (χ1) is 18.9. The zero-order chi connectivity index (χ0) is 27.5. The lowest BCUT2D eigenvalue weighted by atomic mass is 9.94. The van der Waals surface area contributed by atoms with Crippen molar-refractivity contribution < 1.29 is 33.3 Å². The Morgan fingerprint density at radius 1 is 0.795 bits per heavy atom. The van der Waals surface area contributed by atoms with Crippen molar-refractivity contribution in [3.8, 4) is 23.0 Å². The van der Waals surface area contributed by atoms with Crippen LogP contribution >= 0.6 is 0 Å². The number of hydrogen-bond donors (Lipinski definition) is 1. The highest BCUT2D eigenvalue weighted by molar-refractivity contribution is 6.51. The third kappa shape index (κ3) is 4.92. The Kier molecular flexibility index (Phi) is 7.01. The number of para-hydroxylation sites is 1. The van der Waals surface area contributed by atoms with Gasteiger partial charge in [0.1, 0.15) is 34.6 Å². The molecule has 1 saturated heterocycles. The normalized spacial score (nSPS) is 16.3. The van der Waals surface area contributed by atoms with E-state index in [1.807, 2.05) is 18.2 Å². The summed E-state index contributed by atoms with van der Waals surface area (Å²) in [7, 11) is 2.90. The van der Waals surface area contributed by atoms with Crippen LogP contribution in [0.5, 0.6) is 23.0 Å². The Labute approximate surface area is 224 Å². The number of aliphatic hydroxyl groups is 1. The van der Waals surface area contributed by atoms with Gasteiger partial charge in [-0.05, 0) is 72.3 Å². The van der Waals surface area contributed by atoms with Crippen LogP contribution < -0.4 is 19.1 Å². The number of amides is 1. The molecule has 39 heavy (non-hydrogen) atoms. The van der Waals surface area contributed by atoms with Crippen molar-refractivity contribution in [2.75, 3.05) is 19.1 Å². The van der Waals surface area contributed by atoms with Crippen molar-refractivity contribution >= 4 is 23.1 Å². The Balaban J connectivity index is 1.70. The maximum Gasteiger partial charge on any atom is 0.300 e. The van der Waals surface area contributed by atoms with Gasteiger partial charge in [0, 0.05) is 5.69 Å². The molecule has 1 aliphatic rings. The Morgan fingerprint density at radius 2 is 1.51 bits per heavy atom. The topological polar surface area (TPSA) is 85.3 Å². The van der Waals surface area contributed by atoms with Crippen LogP contribution in [0.3, 0.4) is 0 Å². The number of halogens is 1. The van der Waals surface area contributed by atoms with Gasteiger partial charge in [-0.2, -0.15) is 0 Å². The van der Waals surface area contributed by atoms with Crippen molar-refractivity contribution in [1.29, 1.82) is 0 Å². The molecule has 0 saturated carbocycles. The van der Waals surface area contributed by atoms with E-state index in [-0.39, 0.29) is 22.6 Å². The molecule has 0 radical (unpaired) electrons. The van der Waals surface area contributed by atoms with E-state index in [9.17, 15) is 19.1 Å². The van der Waals surface area contributed by atoms with Gasteiger partial charge < -0.3 is 19.3 Å². The van der Waals surface area contributed by atoms with Gasteiger partial charge in [-0.15, -0.1) is 0 Å². The molecule has 196 valence electrons. The van der Waals surface area contributed by atoms with Gasteiger partial charge in [-0.3, -0.25) is 14.5 Å². The monoisotopic (exact) mass is 525 g/mol. The number of rotatable bonds is 7. The summed E-state index contributed by atoms with van der Waals surface area (Å²) in [6.07, 6.45) is 0. The van der Waals surface area contributed by atoms with E-state index in [4.69, 9.17) is 14.2 Å². The molecule has 0 spiro atoms. The fourth-order valence-electron chi connectivity index (χ4n) is 4.53. The van der Waals surface area contributed by atoms with E-state index in [0.717, 1.165) is 0 Å². The summed E-state index contributed by atoms with van der Waals surface area (Å²) < 4.78 is 30.4. The lowest BCUT2D eigenvalue weighted by Gasteiger charge is -2.26. The summed E-state index contributed by atoms with van der Waals surface area (Å²) in [6.45, 7) is 0. The number of hydrogen-bond acceptors (Lipinski definition) is 6. The van der Waals surface area contributed by atoms with Gasteiger partial charge in [0.05, 0.1) is 31.4 Å². The van der Waals surface area contributed by atoms with Crippen LogP contribution in [0.4, 0.5) is 10.1 Å². The second-order valence-electron chi connectivity index (χ2n) is 8.70. The van der Waals surface area contributed by atoms with Crippen LogP contribution in [0.2, 0.25) is 0 Å². The molecule has 1 aliphatic heterocycles. The highest BCUT2D eigenvalue weighted by atomic mass is 19.1. The van der Waals surface area contributed by atoms with Gasteiger partial charge in [0.15, 0.2) is 0 Å². The molecule has 4 aromatic carbocycles. The maximum atomic E-state index is 13.7. The maximum absolute atomic E-state index is 13.7. The van der Waals surface area contributed by atoms with E-state index in [0.29, 0.717) is 22.8 Å². The zero-order valence-corrected chi connectivity index (χ0v) is 21.1. The average Bonchev–Trinajstić information content (AvgIpc) is 3.23. The highest BCUT2D eigenvalue weighted by Gasteiger charge is 2.47. The molecular weight excluding hydrogens is 501 g/mol. The van der Waals surface area contributed by atoms with E-state index in [1.165, 1.54) is 49.5 Å². The van der Waals surface area contributed by atoms with E-state index in [2.05, 4.69) is 0 Å². The number of Topliss-reactive ketones (excluding diaryl/α,β-unsaturated/α-hetero) is 1. The van der Waals surface area contributed by atoms with Crippen molar-refractivity contribution in [3.05, 3.63) is 120 Å². The third-order valence-electron chi connectivity index (χ3n) is 6.36.